The number of nitrogens with zero attached hydrogens (tertiary/aromatic N) is 3. The van der Waals surface area contributed by atoms with Crippen LogP contribution in [-0.2, 0) is 20.1 Å². The summed E-state index contributed by atoms with van der Waals surface area (Å²) in [6.07, 6.45) is 6.99. The van der Waals surface area contributed by atoms with E-state index in [1.807, 2.05) is 29.2 Å². The van der Waals surface area contributed by atoms with Crippen molar-refractivity contribution >= 4 is 17.3 Å². The number of amides is 1. The van der Waals surface area contributed by atoms with Crippen molar-refractivity contribution in [2.24, 2.45) is 17.3 Å². The molecule has 176 valence electrons. The summed E-state index contributed by atoms with van der Waals surface area (Å²) in [6.45, 7) is 5.45. The molecule has 2 aliphatic carbocycles. The molecular formula is C28H31N3O3. The Morgan fingerprint density at radius 1 is 0.882 bits per heavy atom. The number of piperazine rings is 1. The molecule has 34 heavy (non-hydrogen) atoms. The fourth-order valence-electron chi connectivity index (χ4n) is 6.75. The maximum atomic E-state index is 13.9. The van der Waals surface area contributed by atoms with Crippen molar-refractivity contribution in [1.82, 2.24) is 4.90 Å². The number of hydrogen-bond acceptors (Lipinski definition) is 5. The summed E-state index contributed by atoms with van der Waals surface area (Å²) in [4.78, 5) is 20.5. The largest absolute Gasteiger partial charge is 0.369 e. The average Bonchev–Trinajstić information content (AvgIpc) is 3.55. The molecule has 2 aromatic rings. The van der Waals surface area contributed by atoms with Crippen molar-refractivity contribution < 1.29 is 14.3 Å². The molecule has 3 fully saturated rings. The lowest BCUT2D eigenvalue weighted by Gasteiger charge is -2.45. The van der Waals surface area contributed by atoms with Crippen LogP contribution >= 0.6 is 0 Å². The summed E-state index contributed by atoms with van der Waals surface area (Å²) in [6, 6.07) is 18.6. The van der Waals surface area contributed by atoms with E-state index in [4.69, 9.17) is 9.47 Å². The number of anilines is 2. The van der Waals surface area contributed by atoms with Crippen molar-refractivity contribution in [2.75, 3.05) is 55.9 Å². The highest BCUT2D eigenvalue weighted by Crippen LogP contribution is 2.57. The van der Waals surface area contributed by atoms with Gasteiger partial charge in [-0.2, -0.15) is 0 Å². The third-order valence-electron chi connectivity index (χ3n) is 8.66. The van der Waals surface area contributed by atoms with Gasteiger partial charge in [0.2, 0.25) is 0 Å². The van der Waals surface area contributed by atoms with Gasteiger partial charge in [0.05, 0.1) is 25.6 Å². The standard InChI is InChI=1S/C28H31N3O3/c32-26-28(33-18-27(19-34-28)17-21-10-11-22(27)16-21)24-8-4-5-9-25(24)31(26)20-29-12-14-30(15-13-29)23-6-2-1-3-7-23/h1-11,21-22H,12-20H2/t21-,22-,27?,28?/m1/s1. The normalized spacial score (nSPS) is 34.5. The van der Waals surface area contributed by atoms with Crippen molar-refractivity contribution in [3.8, 4) is 0 Å². The summed E-state index contributed by atoms with van der Waals surface area (Å²) < 4.78 is 13.0. The second-order valence-corrected chi connectivity index (χ2v) is 10.6. The fourth-order valence-corrected chi connectivity index (χ4v) is 6.75. The summed E-state index contributed by atoms with van der Waals surface area (Å²) in [5.41, 5.74) is 3.07. The summed E-state index contributed by atoms with van der Waals surface area (Å²) in [5.74, 6) is -0.214. The zero-order valence-corrected chi connectivity index (χ0v) is 19.4. The molecular weight excluding hydrogens is 426 g/mol. The Morgan fingerprint density at radius 3 is 2.32 bits per heavy atom. The highest BCUT2D eigenvalue weighted by atomic mass is 16.7. The number of carbonyl (C=O) groups excluding carboxylic acids is 1. The molecule has 2 bridgehead atoms. The molecule has 6 heteroatoms. The average molecular weight is 458 g/mol. The van der Waals surface area contributed by atoms with Crippen molar-refractivity contribution in [1.29, 1.82) is 0 Å². The molecule has 5 aliphatic rings. The molecule has 0 radical (unpaired) electrons. The monoisotopic (exact) mass is 457 g/mol. The first-order chi connectivity index (χ1) is 16.7. The van der Waals surface area contributed by atoms with Crippen LogP contribution < -0.4 is 9.80 Å². The van der Waals surface area contributed by atoms with Gasteiger partial charge in [-0.15, -0.1) is 0 Å². The van der Waals surface area contributed by atoms with Gasteiger partial charge >= 0.3 is 0 Å². The first kappa shape index (κ1) is 20.7. The van der Waals surface area contributed by atoms with E-state index in [9.17, 15) is 4.79 Å². The van der Waals surface area contributed by atoms with E-state index < -0.39 is 5.79 Å². The van der Waals surface area contributed by atoms with Crippen LogP contribution in [0.25, 0.3) is 0 Å². The van der Waals surface area contributed by atoms with E-state index in [1.54, 1.807) is 0 Å². The topological polar surface area (TPSA) is 45.3 Å². The van der Waals surface area contributed by atoms with Gasteiger partial charge in [-0.1, -0.05) is 48.6 Å². The van der Waals surface area contributed by atoms with Crippen LogP contribution in [0.15, 0.2) is 66.7 Å². The Balaban J connectivity index is 1.08. The molecule has 2 atom stereocenters. The summed E-state index contributed by atoms with van der Waals surface area (Å²) in [5, 5.41) is 0. The number of para-hydroxylation sites is 2. The zero-order valence-electron chi connectivity index (χ0n) is 19.4. The van der Waals surface area contributed by atoms with Crippen LogP contribution in [0, 0.1) is 17.3 Å². The second kappa shape index (κ2) is 7.67. The van der Waals surface area contributed by atoms with Gasteiger partial charge in [0.25, 0.3) is 11.7 Å². The third kappa shape index (κ3) is 3.02. The highest BCUT2D eigenvalue weighted by Gasteiger charge is 2.61. The molecule has 2 spiro atoms. The van der Waals surface area contributed by atoms with E-state index in [2.05, 4.69) is 52.3 Å². The van der Waals surface area contributed by atoms with Crippen LogP contribution in [0.1, 0.15) is 18.4 Å². The highest BCUT2D eigenvalue weighted by molar-refractivity contribution is 6.06. The van der Waals surface area contributed by atoms with Gasteiger partial charge in [0.1, 0.15) is 0 Å². The lowest BCUT2D eigenvalue weighted by Crippen LogP contribution is -2.56. The molecule has 1 amide bonds. The fraction of sp³-hybridized carbons (Fsp3) is 0.464. The van der Waals surface area contributed by atoms with E-state index in [1.165, 1.54) is 12.1 Å². The number of ether oxygens (including phenoxy) is 2. The Hall–Kier alpha value is -2.67. The van der Waals surface area contributed by atoms with Gasteiger partial charge in [-0.25, -0.2) is 0 Å². The number of fused-ring (bicyclic) bond motifs is 5. The molecule has 3 aliphatic heterocycles. The Morgan fingerprint density at radius 2 is 1.62 bits per heavy atom. The minimum atomic E-state index is -1.29. The molecule has 3 heterocycles. The van der Waals surface area contributed by atoms with Crippen molar-refractivity contribution in [3.05, 3.63) is 72.3 Å². The first-order valence-electron chi connectivity index (χ1n) is 12.6. The van der Waals surface area contributed by atoms with Gasteiger partial charge < -0.3 is 14.4 Å². The summed E-state index contributed by atoms with van der Waals surface area (Å²) >= 11 is 0. The molecule has 0 unspecified atom stereocenters. The quantitative estimate of drug-likeness (QED) is 0.659. The molecule has 7 rings (SSSR count). The van der Waals surface area contributed by atoms with Crippen molar-refractivity contribution in [3.63, 3.8) is 0 Å². The maximum Gasteiger partial charge on any atom is 0.293 e. The van der Waals surface area contributed by atoms with Crippen LogP contribution in [0.2, 0.25) is 0 Å². The first-order valence-corrected chi connectivity index (χ1v) is 12.6. The van der Waals surface area contributed by atoms with Gasteiger partial charge in [0.15, 0.2) is 0 Å². The maximum absolute atomic E-state index is 13.9. The Kier molecular flexibility index (Phi) is 4.66. The second-order valence-electron chi connectivity index (χ2n) is 10.6. The van der Waals surface area contributed by atoms with Crippen molar-refractivity contribution in [2.45, 2.75) is 18.6 Å². The van der Waals surface area contributed by atoms with E-state index in [0.717, 1.165) is 43.9 Å². The van der Waals surface area contributed by atoms with E-state index >= 15 is 0 Å². The van der Waals surface area contributed by atoms with Gasteiger partial charge in [-0.05, 0) is 42.9 Å². The minimum Gasteiger partial charge on any atom is -0.369 e. The lowest BCUT2D eigenvalue weighted by molar-refractivity contribution is -0.295. The molecule has 2 saturated heterocycles. The molecule has 6 nitrogen and oxygen atoms in total. The van der Waals surface area contributed by atoms with E-state index in [0.29, 0.717) is 31.7 Å². The minimum absolute atomic E-state index is 0.0288. The van der Waals surface area contributed by atoms with Crippen LogP contribution in [0.3, 0.4) is 0 Å². The number of benzene rings is 2. The molecule has 0 N–H and O–H groups in total. The third-order valence-corrected chi connectivity index (χ3v) is 8.66. The number of rotatable bonds is 3. The van der Waals surface area contributed by atoms with Gasteiger partial charge in [-0.3, -0.25) is 14.6 Å². The van der Waals surface area contributed by atoms with Crippen LogP contribution in [0.4, 0.5) is 11.4 Å². The van der Waals surface area contributed by atoms with Crippen LogP contribution in [-0.4, -0.2) is 56.9 Å². The SMILES string of the molecule is O=C1N(CN2CCN(c3ccccc3)CC2)c2ccccc2C12OCC1(CO2)C[C@@H]2C=C[C@@H]1C2. The van der Waals surface area contributed by atoms with E-state index in [-0.39, 0.29) is 11.3 Å². The number of hydrogen-bond donors (Lipinski definition) is 0. The molecule has 0 aromatic heterocycles. The predicted molar refractivity (Wildman–Crippen MR) is 130 cm³/mol. The lowest BCUT2D eigenvalue weighted by atomic mass is 9.76. The summed E-state index contributed by atoms with van der Waals surface area (Å²) in [7, 11) is 0. The predicted octanol–water partition coefficient (Wildman–Crippen LogP) is 3.59. The molecule has 1 saturated carbocycles. The Labute approximate surface area is 200 Å². The number of carbonyl (C=O) groups is 1. The molecule has 2 aromatic carbocycles. The smallest absolute Gasteiger partial charge is 0.293 e. The number of allylic oxidation sites excluding steroid dienone is 2. The zero-order chi connectivity index (χ0) is 22.8. The van der Waals surface area contributed by atoms with Gasteiger partial charge in [0, 0.05) is 42.8 Å². The Bertz CT molecular complexity index is 1120. The van der Waals surface area contributed by atoms with Crippen LogP contribution in [0.5, 0.6) is 0 Å².